The number of aromatic nitrogens is 2. The molecule has 0 unspecified atom stereocenters. The Kier molecular flexibility index (Phi) is 6.32. The van der Waals surface area contributed by atoms with Crippen LogP contribution in [0.15, 0.2) is 58.2 Å². The van der Waals surface area contributed by atoms with Crippen molar-refractivity contribution < 1.29 is 18.7 Å². The van der Waals surface area contributed by atoms with Crippen molar-refractivity contribution in [2.24, 2.45) is 0 Å². The molecule has 0 fully saturated rings. The molecule has 1 heterocycles. The number of thioether (sulfide) groups is 1. The second-order valence-electron chi connectivity index (χ2n) is 5.45. The summed E-state index contributed by atoms with van der Waals surface area (Å²) in [5.41, 5.74) is 1.43. The zero-order chi connectivity index (χ0) is 19.1. The van der Waals surface area contributed by atoms with Gasteiger partial charge >= 0.3 is 0 Å². The number of carbonyl (C=O) groups excluding carboxylic acids is 1. The van der Waals surface area contributed by atoms with Gasteiger partial charge in [-0.1, -0.05) is 30.0 Å². The van der Waals surface area contributed by atoms with Crippen LogP contribution in [-0.4, -0.2) is 36.1 Å². The zero-order valence-electron chi connectivity index (χ0n) is 15.0. The summed E-state index contributed by atoms with van der Waals surface area (Å²) in [7, 11) is 3.17. The predicted molar refractivity (Wildman–Crippen MR) is 103 cm³/mol. The van der Waals surface area contributed by atoms with E-state index in [1.54, 1.807) is 20.3 Å². The molecule has 1 aromatic heterocycles. The van der Waals surface area contributed by atoms with Crippen LogP contribution in [0.1, 0.15) is 6.42 Å². The van der Waals surface area contributed by atoms with E-state index in [-0.39, 0.29) is 5.91 Å². The van der Waals surface area contributed by atoms with Crippen LogP contribution in [-0.2, 0) is 4.79 Å². The van der Waals surface area contributed by atoms with E-state index in [2.05, 4.69) is 15.5 Å². The largest absolute Gasteiger partial charge is 0.497 e. The summed E-state index contributed by atoms with van der Waals surface area (Å²) in [6.45, 7) is 0. The molecule has 2 aromatic carbocycles. The second-order valence-corrected chi connectivity index (χ2v) is 6.50. The summed E-state index contributed by atoms with van der Waals surface area (Å²) in [4.78, 5) is 12.1. The molecule has 3 aromatic rings. The Hall–Kier alpha value is -3.00. The Morgan fingerprint density at radius 3 is 2.78 bits per heavy atom. The first kappa shape index (κ1) is 18.8. The summed E-state index contributed by atoms with van der Waals surface area (Å²) in [5, 5.41) is 11.3. The minimum Gasteiger partial charge on any atom is -0.497 e. The lowest BCUT2D eigenvalue weighted by atomic mass is 10.2. The molecule has 0 saturated carbocycles. The average molecular weight is 385 g/mol. The fourth-order valence-electron chi connectivity index (χ4n) is 2.35. The number of nitrogens with one attached hydrogen (secondary N) is 1. The van der Waals surface area contributed by atoms with Crippen LogP contribution in [0.5, 0.6) is 11.5 Å². The topological polar surface area (TPSA) is 86.5 Å². The van der Waals surface area contributed by atoms with Gasteiger partial charge in [-0.3, -0.25) is 4.79 Å². The molecule has 8 heteroatoms. The maximum absolute atomic E-state index is 12.1. The summed E-state index contributed by atoms with van der Waals surface area (Å²) in [6.07, 6.45) is 0.314. The van der Waals surface area contributed by atoms with Gasteiger partial charge in [-0.2, -0.15) is 0 Å². The maximum Gasteiger partial charge on any atom is 0.276 e. The van der Waals surface area contributed by atoms with Gasteiger partial charge in [-0.25, -0.2) is 0 Å². The van der Waals surface area contributed by atoms with Crippen LogP contribution in [0.25, 0.3) is 11.5 Å². The highest BCUT2D eigenvalue weighted by molar-refractivity contribution is 7.99. The maximum atomic E-state index is 12.1. The van der Waals surface area contributed by atoms with Crippen molar-refractivity contribution >= 4 is 23.4 Å². The summed E-state index contributed by atoms with van der Waals surface area (Å²) in [5.74, 6) is 2.16. The molecule has 0 spiro atoms. The highest BCUT2D eigenvalue weighted by Gasteiger charge is 2.13. The lowest BCUT2D eigenvalue weighted by molar-refractivity contribution is -0.115. The first-order valence-electron chi connectivity index (χ1n) is 8.23. The molecule has 0 radical (unpaired) electrons. The third-order valence-corrected chi connectivity index (χ3v) is 4.47. The molecular weight excluding hydrogens is 366 g/mol. The number of anilines is 1. The van der Waals surface area contributed by atoms with Gasteiger partial charge in [0.1, 0.15) is 11.5 Å². The van der Waals surface area contributed by atoms with Gasteiger partial charge in [0, 0.05) is 23.9 Å². The molecular formula is C19H19N3O4S. The molecule has 0 saturated heterocycles. The molecule has 0 aliphatic heterocycles. The SMILES string of the molecule is COc1cccc(NC(=O)CCSc2nnc(-c3ccccc3OC)o2)c1. The van der Waals surface area contributed by atoms with Crippen LogP contribution in [0.4, 0.5) is 5.69 Å². The number of methoxy groups -OCH3 is 2. The molecule has 1 N–H and O–H groups in total. The number of hydrogen-bond acceptors (Lipinski definition) is 7. The van der Waals surface area contributed by atoms with Crippen molar-refractivity contribution in [3.8, 4) is 23.0 Å². The monoisotopic (exact) mass is 385 g/mol. The van der Waals surface area contributed by atoms with Crippen molar-refractivity contribution in [3.63, 3.8) is 0 Å². The Labute approximate surface area is 161 Å². The van der Waals surface area contributed by atoms with Gasteiger partial charge in [-0.05, 0) is 24.3 Å². The Bertz CT molecular complexity index is 913. The van der Waals surface area contributed by atoms with Gasteiger partial charge in [0.05, 0.1) is 19.8 Å². The van der Waals surface area contributed by atoms with Crippen LogP contribution in [0, 0.1) is 0 Å². The summed E-state index contributed by atoms with van der Waals surface area (Å²) in [6, 6.07) is 14.6. The van der Waals surface area contributed by atoms with E-state index in [4.69, 9.17) is 13.9 Å². The molecule has 0 bridgehead atoms. The summed E-state index contributed by atoms with van der Waals surface area (Å²) < 4.78 is 16.1. The van der Waals surface area contributed by atoms with Crippen LogP contribution in [0.3, 0.4) is 0 Å². The van der Waals surface area contributed by atoms with E-state index in [0.717, 1.165) is 5.56 Å². The molecule has 0 aliphatic rings. The molecule has 0 aliphatic carbocycles. The number of para-hydroxylation sites is 1. The Balaban J connectivity index is 1.52. The van der Waals surface area contributed by atoms with Crippen molar-refractivity contribution in [2.45, 2.75) is 11.6 Å². The quantitative estimate of drug-likeness (QED) is 0.589. The highest BCUT2D eigenvalue weighted by Crippen LogP contribution is 2.30. The number of carbonyl (C=O) groups is 1. The van der Waals surface area contributed by atoms with Crippen molar-refractivity contribution in [1.82, 2.24) is 10.2 Å². The number of ether oxygens (including phenoxy) is 2. The molecule has 0 atom stereocenters. The molecule has 7 nitrogen and oxygen atoms in total. The zero-order valence-corrected chi connectivity index (χ0v) is 15.8. The lowest BCUT2D eigenvalue weighted by Gasteiger charge is -2.06. The minimum atomic E-state index is -0.0970. The highest BCUT2D eigenvalue weighted by atomic mass is 32.2. The number of nitrogens with zero attached hydrogens (tertiary/aromatic N) is 2. The second kappa shape index (κ2) is 9.09. The number of benzene rings is 2. The van der Waals surface area contributed by atoms with Gasteiger partial charge < -0.3 is 19.2 Å². The first-order valence-corrected chi connectivity index (χ1v) is 9.21. The Morgan fingerprint density at radius 2 is 1.96 bits per heavy atom. The predicted octanol–water partition coefficient (Wildman–Crippen LogP) is 3.87. The van der Waals surface area contributed by atoms with Crippen LogP contribution in [0.2, 0.25) is 0 Å². The van der Waals surface area contributed by atoms with Gasteiger partial charge in [0.15, 0.2) is 0 Å². The minimum absolute atomic E-state index is 0.0970. The van der Waals surface area contributed by atoms with E-state index >= 15 is 0 Å². The van der Waals surface area contributed by atoms with Crippen molar-refractivity contribution in [1.29, 1.82) is 0 Å². The van der Waals surface area contributed by atoms with E-state index in [0.29, 0.717) is 40.5 Å². The number of hydrogen-bond donors (Lipinski definition) is 1. The van der Waals surface area contributed by atoms with E-state index < -0.39 is 0 Å². The lowest BCUT2D eigenvalue weighted by Crippen LogP contribution is -2.12. The fraction of sp³-hybridized carbons (Fsp3) is 0.211. The van der Waals surface area contributed by atoms with Crippen molar-refractivity contribution in [3.05, 3.63) is 48.5 Å². The molecule has 140 valence electrons. The average Bonchev–Trinajstić information content (AvgIpc) is 3.16. The van der Waals surface area contributed by atoms with Crippen LogP contribution >= 0.6 is 11.8 Å². The molecule has 3 rings (SSSR count). The fourth-order valence-corrected chi connectivity index (χ4v) is 3.05. The third kappa shape index (κ3) is 5.01. The van der Waals surface area contributed by atoms with Gasteiger partial charge in [0.2, 0.25) is 5.91 Å². The Morgan fingerprint density at radius 1 is 1.11 bits per heavy atom. The first-order chi connectivity index (χ1) is 13.2. The summed E-state index contributed by atoms with van der Waals surface area (Å²) >= 11 is 1.33. The standard InChI is InChI=1S/C19H19N3O4S/c1-24-14-7-5-6-13(12-14)20-17(23)10-11-27-19-22-21-18(26-19)15-8-3-4-9-16(15)25-2/h3-9,12H,10-11H2,1-2H3,(H,20,23). The smallest absolute Gasteiger partial charge is 0.276 e. The van der Waals surface area contributed by atoms with Crippen LogP contribution < -0.4 is 14.8 Å². The van der Waals surface area contributed by atoms with Gasteiger partial charge in [-0.15, -0.1) is 10.2 Å². The van der Waals surface area contributed by atoms with Gasteiger partial charge in [0.25, 0.3) is 11.1 Å². The number of rotatable bonds is 8. The molecule has 1 amide bonds. The van der Waals surface area contributed by atoms with E-state index in [1.165, 1.54) is 11.8 Å². The van der Waals surface area contributed by atoms with E-state index in [9.17, 15) is 4.79 Å². The van der Waals surface area contributed by atoms with E-state index in [1.807, 2.05) is 42.5 Å². The number of amides is 1. The third-order valence-electron chi connectivity index (χ3n) is 3.65. The van der Waals surface area contributed by atoms with Crippen molar-refractivity contribution in [2.75, 3.05) is 25.3 Å². The normalized spacial score (nSPS) is 10.4. The molecule has 27 heavy (non-hydrogen) atoms.